The lowest BCUT2D eigenvalue weighted by Gasteiger charge is -2.24. The molecule has 1 amide bonds. The second kappa shape index (κ2) is 6.45. The highest BCUT2D eigenvalue weighted by Crippen LogP contribution is 2.33. The summed E-state index contributed by atoms with van der Waals surface area (Å²) in [7, 11) is 0. The number of carboxylic acid groups (broad SMARTS) is 1. The van der Waals surface area contributed by atoms with Crippen molar-refractivity contribution in [2.75, 3.05) is 6.54 Å². The highest BCUT2D eigenvalue weighted by molar-refractivity contribution is 9.10. The molecule has 23 heavy (non-hydrogen) atoms. The number of aromatic carboxylic acids is 1. The highest BCUT2D eigenvalue weighted by Gasteiger charge is 2.31. The lowest BCUT2D eigenvalue weighted by molar-refractivity contribution is 0.0683. The number of amides is 1. The largest absolute Gasteiger partial charge is 0.476 e. The van der Waals surface area contributed by atoms with Gasteiger partial charge < -0.3 is 10.0 Å². The van der Waals surface area contributed by atoms with Crippen LogP contribution in [0.4, 0.5) is 0 Å². The van der Waals surface area contributed by atoms with Crippen LogP contribution in [0.1, 0.15) is 45.4 Å². The van der Waals surface area contributed by atoms with Crippen molar-refractivity contribution in [3.05, 3.63) is 58.1 Å². The molecule has 1 aromatic heterocycles. The molecule has 118 valence electrons. The number of aromatic nitrogens is 2. The Morgan fingerprint density at radius 2 is 1.96 bits per heavy atom. The van der Waals surface area contributed by atoms with Crippen LogP contribution in [-0.2, 0) is 0 Å². The molecular weight excluding hydrogens is 362 g/mol. The first kappa shape index (κ1) is 15.6. The SMILES string of the molecule is O=C(O)c1cnc(C(=O)N2CCCC2c2cccc(Br)c2)cn1. The number of likely N-dealkylation sites (tertiary alicyclic amines) is 1. The summed E-state index contributed by atoms with van der Waals surface area (Å²) < 4.78 is 0.972. The molecule has 1 aliphatic rings. The van der Waals surface area contributed by atoms with E-state index in [4.69, 9.17) is 5.11 Å². The number of rotatable bonds is 3. The zero-order chi connectivity index (χ0) is 16.4. The first-order valence-electron chi connectivity index (χ1n) is 7.18. The lowest BCUT2D eigenvalue weighted by Crippen LogP contribution is -2.31. The number of carbonyl (C=O) groups is 2. The maximum absolute atomic E-state index is 12.7. The molecule has 1 aromatic carbocycles. The number of carbonyl (C=O) groups excluding carboxylic acids is 1. The van der Waals surface area contributed by atoms with E-state index in [1.54, 1.807) is 4.90 Å². The molecule has 7 heteroatoms. The van der Waals surface area contributed by atoms with E-state index in [1.165, 1.54) is 6.20 Å². The number of nitrogens with zero attached hydrogens (tertiary/aromatic N) is 3. The average molecular weight is 376 g/mol. The van der Waals surface area contributed by atoms with Crippen molar-refractivity contribution < 1.29 is 14.7 Å². The van der Waals surface area contributed by atoms with Crippen LogP contribution in [0.2, 0.25) is 0 Å². The topological polar surface area (TPSA) is 83.4 Å². The Kier molecular flexibility index (Phi) is 4.38. The molecule has 1 unspecified atom stereocenters. The molecule has 1 saturated heterocycles. The average Bonchev–Trinajstić information content (AvgIpc) is 3.04. The van der Waals surface area contributed by atoms with Crippen molar-refractivity contribution in [3.8, 4) is 0 Å². The van der Waals surface area contributed by atoms with Gasteiger partial charge in [0.1, 0.15) is 5.69 Å². The Bertz CT molecular complexity index is 748. The van der Waals surface area contributed by atoms with E-state index in [1.807, 2.05) is 24.3 Å². The Morgan fingerprint density at radius 3 is 2.61 bits per heavy atom. The fourth-order valence-electron chi connectivity index (χ4n) is 2.77. The van der Waals surface area contributed by atoms with E-state index in [2.05, 4.69) is 25.9 Å². The summed E-state index contributed by atoms with van der Waals surface area (Å²) in [5, 5.41) is 8.84. The number of halogens is 1. The van der Waals surface area contributed by atoms with Gasteiger partial charge in [-0.2, -0.15) is 0 Å². The molecule has 0 bridgehead atoms. The summed E-state index contributed by atoms with van der Waals surface area (Å²) in [6, 6.07) is 7.90. The van der Waals surface area contributed by atoms with Crippen LogP contribution in [0.5, 0.6) is 0 Å². The number of benzene rings is 1. The van der Waals surface area contributed by atoms with Gasteiger partial charge in [-0.1, -0.05) is 28.1 Å². The second-order valence-electron chi connectivity index (χ2n) is 5.30. The minimum Gasteiger partial charge on any atom is -0.476 e. The van der Waals surface area contributed by atoms with E-state index in [-0.39, 0.29) is 23.3 Å². The first-order valence-corrected chi connectivity index (χ1v) is 7.97. The molecule has 1 N–H and O–H groups in total. The van der Waals surface area contributed by atoms with Gasteiger partial charge in [0, 0.05) is 11.0 Å². The fraction of sp³-hybridized carbons (Fsp3) is 0.250. The molecule has 1 fully saturated rings. The zero-order valence-electron chi connectivity index (χ0n) is 12.1. The normalized spacial score (nSPS) is 17.3. The second-order valence-corrected chi connectivity index (χ2v) is 6.22. The van der Waals surface area contributed by atoms with Crippen LogP contribution in [0.15, 0.2) is 41.1 Å². The molecule has 1 atom stereocenters. The van der Waals surface area contributed by atoms with Gasteiger partial charge in [-0.25, -0.2) is 14.8 Å². The summed E-state index contributed by atoms with van der Waals surface area (Å²) in [5.74, 6) is -1.39. The maximum atomic E-state index is 12.7. The van der Waals surface area contributed by atoms with Gasteiger partial charge in [0.2, 0.25) is 0 Å². The Balaban J connectivity index is 1.84. The third-order valence-electron chi connectivity index (χ3n) is 3.84. The summed E-state index contributed by atoms with van der Waals surface area (Å²) in [5.41, 5.74) is 1.06. The van der Waals surface area contributed by atoms with Crippen LogP contribution in [0, 0.1) is 0 Å². The van der Waals surface area contributed by atoms with Crippen molar-refractivity contribution in [2.45, 2.75) is 18.9 Å². The molecular formula is C16H14BrN3O3. The molecule has 0 aliphatic carbocycles. The number of hydrogen-bond acceptors (Lipinski definition) is 4. The quantitative estimate of drug-likeness (QED) is 0.891. The zero-order valence-corrected chi connectivity index (χ0v) is 13.7. The molecule has 6 nitrogen and oxygen atoms in total. The van der Waals surface area contributed by atoms with E-state index in [0.29, 0.717) is 6.54 Å². The van der Waals surface area contributed by atoms with Gasteiger partial charge in [-0.3, -0.25) is 4.79 Å². The molecule has 3 rings (SSSR count). The third kappa shape index (κ3) is 3.24. The Labute approximate surface area is 141 Å². The van der Waals surface area contributed by atoms with Crippen molar-refractivity contribution in [1.29, 1.82) is 0 Å². The standard InChI is InChI=1S/C16H14BrN3O3/c17-11-4-1-3-10(7-11)14-5-2-6-20(14)15(21)12-8-19-13(9-18-12)16(22)23/h1,3-4,7-9,14H,2,5-6H2,(H,22,23). The van der Waals surface area contributed by atoms with Crippen LogP contribution < -0.4 is 0 Å². The van der Waals surface area contributed by atoms with E-state index in [0.717, 1.165) is 29.1 Å². The summed E-state index contributed by atoms with van der Waals surface area (Å²) >= 11 is 3.45. The molecule has 1 aliphatic heterocycles. The van der Waals surface area contributed by atoms with Gasteiger partial charge in [0.05, 0.1) is 18.4 Å². The van der Waals surface area contributed by atoms with E-state index >= 15 is 0 Å². The summed E-state index contributed by atoms with van der Waals surface area (Å²) in [4.78, 5) is 32.9. The lowest BCUT2D eigenvalue weighted by atomic mass is 10.0. The molecule has 0 radical (unpaired) electrons. The van der Waals surface area contributed by atoms with Gasteiger partial charge >= 0.3 is 5.97 Å². The number of carboxylic acids is 1. The van der Waals surface area contributed by atoms with Gasteiger partial charge in [0.15, 0.2) is 5.69 Å². The van der Waals surface area contributed by atoms with Crippen LogP contribution in [0.3, 0.4) is 0 Å². The number of hydrogen-bond donors (Lipinski definition) is 1. The minimum atomic E-state index is -1.16. The minimum absolute atomic E-state index is 0.000880. The van der Waals surface area contributed by atoms with Crippen LogP contribution >= 0.6 is 15.9 Å². The molecule has 2 heterocycles. The monoisotopic (exact) mass is 375 g/mol. The Hall–Kier alpha value is -2.28. The summed E-state index contributed by atoms with van der Waals surface area (Å²) in [6.07, 6.45) is 4.15. The predicted molar refractivity (Wildman–Crippen MR) is 86.1 cm³/mol. The van der Waals surface area contributed by atoms with Crippen molar-refractivity contribution in [1.82, 2.24) is 14.9 Å². The van der Waals surface area contributed by atoms with Gasteiger partial charge in [0.25, 0.3) is 5.91 Å². The van der Waals surface area contributed by atoms with Crippen molar-refractivity contribution in [3.63, 3.8) is 0 Å². The van der Waals surface area contributed by atoms with E-state index < -0.39 is 5.97 Å². The summed E-state index contributed by atoms with van der Waals surface area (Å²) in [6.45, 7) is 0.651. The highest BCUT2D eigenvalue weighted by atomic mass is 79.9. The first-order chi connectivity index (χ1) is 11.1. The van der Waals surface area contributed by atoms with Gasteiger partial charge in [-0.05, 0) is 30.5 Å². The van der Waals surface area contributed by atoms with Crippen LogP contribution in [0.25, 0.3) is 0 Å². The fourth-order valence-corrected chi connectivity index (χ4v) is 3.18. The molecule has 2 aromatic rings. The third-order valence-corrected chi connectivity index (χ3v) is 4.33. The predicted octanol–water partition coefficient (Wildman–Crippen LogP) is 2.91. The van der Waals surface area contributed by atoms with E-state index in [9.17, 15) is 9.59 Å². The molecule has 0 spiro atoms. The van der Waals surface area contributed by atoms with Crippen LogP contribution in [-0.4, -0.2) is 38.4 Å². The molecule has 0 saturated carbocycles. The van der Waals surface area contributed by atoms with Gasteiger partial charge in [-0.15, -0.1) is 0 Å². The smallest absolute Gasteiger partial charge is 0.356 e. The Morgan fingerprint density at radius 1 is 1.22 bits per heavy atom. The van der Waals surface area contributed by atoms with Crippen molar-refractivity contribution in [2.24, 2.45) is 0 Å². The van der Waals surface area contributed by atoms with Crippen molar-refractivity contribution >= 4 is 27.8 Å². The maximum Gasteiger partial charge on any atom is 0.356 e.